The average molecular weight is 202 g/mol. The monoisotopic (exact) mass is 202 g/mol. The molecule has 15 heavy (non-hydrogen) atoms. The Balaban J connectivity index is 2.11. The van der Waals surface area contributed by atoms with E-state index in [4.69, 9.17) is 0 Å². The molecule has 2 nitrogen and oxygen atoms in total. The fraction of sp³-hybridized carbons (Fsp3) is 0.462. The minimum Gasteiger partial charge on any atom is -0.354 e. The molecular formula is C13H18N2. The van der Waals surface area contributed by atoms with E-state index in [1.165, 1.54) is 17.8 Å². The molecule has 0 saturated carbocycles. The molecule has 0 bridgehead atoms. The second-order valence-corrected chi connectivity index (χ2v) is 4.18. The molecular weight excluding hydrogens is 184 g/mol. The van der Waals surface area contributed by atoms with Gasteiger partial charge >= 0.3 is 0 Å². The van der Waals surface area contributed by atoms with Crippen molar-refractivity contribution in [2.24, 2.45) is 4.99 Å². The molecule has 1 aliphatic heterocycles. The van der Waals surface area contributed by atoms with Gasteiger partial charge in [0.05, 0.1) is 5.84 Å². The number of benzene rings is 1. The highest BCUT2D eigenvalue weighted by molar-refractivity contribution is 5.80. The summed E-state index contributed by atoms with van der Waals surface area (Å²) in [7, 11) is 0. The molecule has 2 rings (SSSR count). The summed E-state index contributed by atoms with van der Waals surface area (Å²) in [5.41, 5.74) is 1.36. The third-order valence-electron chi connectivity index (χ3n) is 3.03. The van der Waals surface area contributed by atoms with Crippen LogP contribution in [0.1, 0.15) is 25.8 Å². The van der Waals surface area contributed by atoms with Crippen molar-refractivity contribution in [2.45, 2.75) is 32.9 Å². The minimum atomic E-state index is 0.614. The van der Waals surface area contributed by atoms with Gasteiger partial charge in [0.25, 0.3) is 0 Å². The van der Waals surface area contributed by atoms with Gasteiger partial charge in [-0.2, -0.15) is 0 Å². The molecule has 80 valence electrons. The fourth-order valence-electron chi connectivity index (χ4n) is 2.03. The molecule has 1 unspecified atom stereocenters. The van der Waals surface area contributed by atoms with Crippen LogP contribution in [0.2, 0.25) is 0 Å². The Hall–Kier alpha value is -1.31. The largest absolute Gasteiger partial charge is 0.354 e. The standard InChI is InChI=1S/C13H18N2/c1-11-8-9-14-12(2)15(11)10-13-6-4-3-5-7-13/h3-7,11H,8-10H2,1-2H3. The van der Waals surface area contributed by atoms with Crippen molar-refractivity contribution in [3.8, 4) is 0 Å². The lowest BCUT2D eigenvalue weighted by Crippen LogP contribution is -2.40. The van der Waals surface area contributed by atoms with E-state index in [-0.39, 0.29) is 0 Å². The molecule has 0 radical (unpaired) electrons. The van der Waals surface area contributed by atoms with Crippen molar-refractivity contribution in [1.82, 2.24) is 4.90 Å². The van der Waals surface area contributed by atoms with Gasteiger partial charge in [0.2, 0.25) is 0 Å². The van der Waals surface area contributed by atoms with Crippen LogP contribution in [0.4, 0.5) is 0 Å². The number of hydrogen-bond acceptors (Lipinski definition) is 2. The fourth-order valence-corrected chi connectivity index (χ4v) is 2.03. The summed E-state index contributed by atoms with van der Waals surface area (Å²) in [6.45, 7) is 6.36. The molecule has 0 saturated heterocycles. The normalized spacial score (nSPS) is 21.3. The molecule has 0 aliphatic carbocycles. The average Bonchev–Trinajstić information content (AvgIpc) is 2.25. The topological polar surface area (TPSA) is 15.6 Å². The van der Waals surface area contributed by atoms with Crippen LogP contribution < -0.4 is 0 Å². The molecule has 1 heterocycles. The van der Waals surface area contributed by atoms with Crippen LogP contribution >= 0.6 is 0 Å². The first-order valence-electron chi connectivity index (χ1n) is 5.59. The van der Waals surface area contributed by atoms with Crippen LogP contribution in [0.15, 0.2) is 35.3 Å². The first-order chi connectivity index (χ1) is 7.27. The molecule has 1 atom stereocenters. The summed E-state index contributed by atoms with van der Waals surface area (Å²) >= 11 is 0. The van der Waals surface area contributed by atoms with Crippen molar-refractivity contribution in [3.63, 3.8) is 0 Å². The molecule has 0 N–H and O–H groups in total. The predicted octanol–water partition coefficient (Wildman–Crippen LogP) is 2.70. The van der Waals surface area contributed by atoms with Gasteiger partial charge in [-0.3, -0.25) is 4.99 Å². The molecule has 1 aromatic carbocycles. The SMILES string of the molecule is CC1=NCCC(C)N1Cc1ccccc1. The number of rotatable bonds is 2. The van der Waals surface area contributed by atoms with Gasteiger partial charge in [0, 0.05) is 19.1 Å². The number of nitrogens with zero attached hydrogens (tertiary/aromatic N) is 2. The predicted molar refractivity (Wildman–Crippen MR) is 64.0 cm³/mol. The lowest BCUT2D eigenvalue weighted by Gasteiger charge is -2.34. The third-order valence-corrected chi connectivity index (χ3v) is 3.03. The maximum absolute atomic E-state index is 4.50. The zero-order valence-corrected chi connectivity index (χ0v) is 9.48. The molecule has 1 aromatic rings. The van der Waals surface area contributed by atoms with Gasteiger partial charge in [0.15, 0.2) is 0 Å². The Kier molecular flexibility index (Phi) is 3.05. The van der Waals surface area contributed by atoms with Crippen LogP contribution in [0.25, 0.3) is 0 Å². The van der Waals surface area contributed by atoms with Crippen LogP contribution in [0.5, 0.6) is 0 Å². The Bertz CT molecular complexity index is 343. The first-order valence-corrected chi connectivity index (χ1v) is 5.59. The lowest BCUT2D eigenvalue weighted by atomic mass is 10.1. The van der Waals surface area contributed by atoms with Crippen LogP contribution in [0, 0.1) is 0 Å². The quantitative estimate of drug-likeness (QED) is 0.720. The second kappa shape index (κ2) is 4.47. The van der Waals surface area contributed by atoms with E-state index in [0.717, 1.165) is 13.1 Å². The Labute approximate surface area is 91.6 Å². The molecule has 0 spiro atoms. The van der Waals surface area contributed by atoms with Crippen molar-refractivity contribution < 1.29 is 0 Å². The summed E-state index contributed by atoms with van der Waals surface area (Å²) in [6.07, 6.45) is 1.17. The zero-order chi connectivity index (χ0) is 10.7. The van der Waals surface area contributed by atoms with Crippen molar-refractivity contribution in [2.75, 3.05) is 6.54 Å². The molecule has 2 heteroatoms. The molecule has 1 aliphatic rings. The third kappa shape index (κ3) is 2.38. The summed E-state index contributed by atoms with van der Waals surface area (Å²) in [5, 5.41) is 0. The van der Waals surface area contributed by atoms with Gasteiger partial charge in [-0.15, -0.1) is 0 Å². The van der Waals surface area contributed by atoms with E-state index >= 15 is 0 Å². The van der Waals surface area contributed by atoms with Gasteiger partial charge in [0.1, 0.15) is 0 Å². The van der Waals surface area contributed by atoms with E-state index in [2.05, 4.69) is 54.1 Å². The van der Waals surface area contributed by atoms with Crippen molar-refractivity contribution in [1.29, 1.82) is 0 Å². The zero-order valence-electron chi connectivity index (χ0n) is 9.48. The van der Waals surface area contributed by atoms with Gasteiger partial charge in [-0.25, -0.2) is 0 Å². The Morgan fingerprint density at radius 2 is 2.07 bits per heavy atom. The van der Waals surface area contributed by atoms with Crippen molar-refractivity contribution in [3.05, 3.63) is 35.9 Å². The number of amidine groups is 1. The summed E-state index contributed by atoms with van der Waals surface area (Å²) in [5.74, 6) is 1.18. The van der Waals surface area contributed by atoms with Crippen LogP contribution in [0.3, 0.4) is 0 Å². The first kappa shape index (κ1) is 10.2. The van der Waals surface area contributed by atoms with Gasteiger partial charge < -0.3 is 4.90 Å². The maximum atomic E-state index is 4.50. The van der Waals surface area contributed by atoms with Crippen molar-refractivity contribution >= 4 is 5.84 Å². The van der Waals surface area contributed by atoms with E-state index in [9.17, 15) is 0 Å². The maximum Gasteiger partial charge on any atom is 0.0962 e. The Morgan fingerprint density at radius 1 is 1.33 bits per heavy atom. The minimum absolute atomic E-state index is 0.614. The molecule has 0 amide bonds. The molecule has 0 aromatic heterocycles. The van der Waals surface area contributed by atoms with E-state index in [1.807, 2.05) is 0 Å². The van der Waals surface area contributed by atoms with E-state index < -0.39 is 0 Å². The number of aliphatic imine (C=N–C) groups is 1. The summed E-state index contributed by atoms with van der Waals surface area (Å²) < 4.78 is 0. The smallest absolute Gasteiger partial charge is 0.0962 e. The van der Waals surface area contributed by atoms with Gasteiger partial charge in [-0.1, -0.05) is 30.3 Å². The van der Waals surface area contributed by atoms with Crippen LogP contribution in [-0.4, -0.2) is 23.3 Å². The van der Waals surface area contributed by atoms with Crippen LogP contribution in [-0.2, 0) is 6.54 Å². The lowest BCUT2D eigenvalue weighted by molar-refractivity contribution is 0.292. The molecule has 0 fully saturated rings. The second-order valence-electron chi connectivity index (χ2n) is 4.18. The number of hydrogen-bond donors (Lipinski definition) is 0. The highest BCUT2D eigenvalue weighted by Crippen LogP contribution is 2.15. The Morgan fingerprint density at radius 3 is 2.73 bits per heavy atom. The highest BCUT2D eigenvalue weighted by Gasteiger charge is 2.18. The highest BCUT2D eigenvalue weighted by atomic mass is 15.2. The summed E-state index contributed by atoms with van der Waals surface area (Å²) in [4.78, 5) is 6.89. The summed E-state index contributed by atoms with van der Waals surface area (Å²) in [6, 6.07) is 11.2. The van der Waals surface area contributed by atoms with E-state index in [0.29, 0.717) is 6.04 Å². The van der Waals surface area contributed by atoms with E-state index in [1.54, 1.807) is 0 Å². The van der Waals surface area contributed by atoms with Gasteiger partial charge in [-0.05, 0) is 25.8 Å².